The Morgan fingerprint density at radius 1 is 1.00 bits per heavy atom. The van der Waals surface area contributed by atoms with Crippen molar-refractivity contribution in [2.45, 2.75) is 25.1 Å². The lowest BCUT2D eigenvalue weighted by Crippen LogP contribution is -2.23. The SMILES string of the molecule is CCc1ccc(C(CS(=O)Cc2ccccc2)NC)cc1. The topological polar surface area (TPSA) is 29.1 Å². The molecule has 3 heteroatoms. The van der Waals surface area contributed by atoms with Crippen molar-refractivity contribution < 1.29 is 4.21 Å². The molecule has 0 aliphatic carbocycles. The molecular formula is C18H23NOS. The van der Waals surface area contributed by atoms with Crippen molar-refractivity contribution in [1.29, 1.82) is 0 Å². The molecule has 0 amide bonds. The van der Waals surface area contributed by atoms with Gasteiger partial charge in [-0.15, -0.1) is 0 Å². The van der Waals surface area contributed by atoms with Crippen LogP contribution in [0.1, 0.15) is 29.7 Å². The van der Waals surface area contributed by atoms with Crippen LogP contribution in [0.3, 0.4) is 0 Å². The van der Waals surface area contributed by atoms with Gasteiger partial charge in [-0.05, 0) is 30.2 Å². The maximum absolute atomic E-state index is 12.3. The van der Waals surface area contributed by atoms with E-state index in [2.05, 4.69) is 36.5 Å². The van der Waals surface area contributed by atoms with Crippen LogP contribution in [0.5, 0.6) is 0 Å². The summed E-state index contributed by atoms with van der Waals surface area (Å²) in [4.78, 5) is 0. The molecule has 21 heavy (non-hydrogen) atoms. The molecule has 0 bridgehead atoms. The van der Waals surface area contributed by atoms with Crippen LogP contribution in [0, 0.1) is 0 Å². The fourth-order valence-electron chi connectivity index (χ4n) is 2.34. The molecule has 0 heterocycles. The Kier molecular flexibility index (Phi) is 6.15. The van der Waals surface area contributed by atoms with Crippen LogP contribution in [0.2, 0.25) is 0 Å². The molecular weight excluding hydrogens is 278 g/mol. The van der Waals surface area contributed by atoms with Gasteiger partial charge >= 0.3 is 0 Å². The van der Waals surface area contributed by atoms with Gasteiger partial charge in [0.1, 0.15) is 0 Å². The zero-order valence-electron chi connectivity index (χ0n) is 12.7. The van der Waals surface area contributed by atoms with E-state index in [1.54, 1.807) is 0 Å². The Balaban J connectivity index is 1.99. The lowest BCUT2D eigenvalue weighted by atomic mass is 10.1. The minimum Gasteiger partial charge on any atom is -0.312 e. The highest BCUT2D eigenvalue weighted by Crippen LogP contribution is 2.16. The predicted octanol–water partition coefficient (Wildman–Crippen LogP) is 3.46. The van der Waals surface area contributed by atoms with E-state index in [1.807, 2.05) is 37.4 Å². The van der Waals surface area contributed by atoms with Crippen molar-refractivity contribution in [3.05, 3.63) is 71.3 Å². The van der Waals surface area contributed by atoms with Gasteiger partial charge in [0, 0.05) is 28.3 Å². The van der Waals surface area contributed by atoms with Gasteiger partial charge in [-0.2, -0.15) is 0 Å². The third-order valence-electron chi connectivity index (χ3n) is 3.66. The summed E-state index contributed by atoms with van der Waals surface area (Å²) < 4.78 is 12.3. The van der Waals surface area contributed by atoms with Crippen LogP contribution in [-0.2, 0) is 23.0 Å². The zero-order valence-corrected chi connectivity index (χ0v) is 13.5. The van der Waals surface area contributed by atoms with E-state index < -0.39 is 10.8 Å². The number of benzene rings is 2. The Labute approximate surface area is 130 Å². The molecule has 0 radical (unpaired) electrons. The Hall–Kier alpha value is -1.45. The summed E-state index contributed by atoms with van der Waals surface area (Å²) in [5, 5.41) is 3.28. The van der Waals surface area contributed by atoms with Gasteiger partial charge in [0.05, 0.1) is 0 Å². The first-order valence-electron chi connectivity index (χ1n) is 7.38. The van der Waals surface area contributed by atoms with Gasteiger partial charge in [0.2, 0.25) is 0 Å². The summed E-state index contributed by atoms with van der Waals surface area (Å²) in [5.41, 5.74) is 3.67. The number of aryl methyl sites for hydroxylation is 1. The fraction of sp³-hybridized carbons (Fsp3) is 0.333. The highest BCUT2D eigenvalue weighted by atomic mass is 32.2. The second-order valence-electron chi connectivity index (χ2n) is 5.17. The second-order valence-corrected chi connectivity index (χ2v) is 6.67. The van der Waals surface area contributed by atoms with Crippen LogP contribution in [0.25, 0.3) is 0 Å². The normalized spacial score (nSPS) is 13.8. The van der Waals surface area contributed by atoms with Gasteiger partial charge < -0.3 is 5.32 Å². The number of rotatable bonds is 7. The number of hydrogen-bond donors (Lipinski definition) is 1. The minimum atomic E-state index is -0.871. The molecule has 0 saturated carbocycles. The van der Waals surface area contributed by atoms with Crippen LogP contribution in [0.15, 0.2) is 54.6 Å². The Morgan fingerprint density at radius 2 is 1.67 bits per heavy atom. The van der Waals surface area contributed by atoms with E-state index in [-0.39, 0.29) is 6.04 Å². The van der Waals surface area contributed by atoms with E-state index in [0.717, 1.165) is 12.0 Å². The molecule has 0 aliphatic heterocycles. The summed E-state index contributed by atoms with van der Waals surface area (Å²) in [6, 6.07) is 18.7. The summed E-state index contributed by atoms with van der Waals surface area (Å²) >= 11 is 0. The van der Waals surface area contributed by atoms with E-state index in [0.29, 0.717) is 11.5 Å². The number of hydrogen-bond acceptors (Lipinski definition) is 2. The second kappa shape index (κ2) is 8.11. The lowest BCUT2D eigenvalue weighted by Gasteiger charge is -2.16. The first-order valence-corrected chi connectivity index (χ1v) is 8.86. The molecule has 0 saturated heterocycles. The maximum atomic E-state index is 12.3. The van der Waals surface area contributed by atoms with Crippen molar-refractivity contribution in [2.24, 2.45) is 0 Å². The third-order valence-corrected chi connectivity index (χ3v) is 5.02. The van der Waals surface area contributed by atoms with Gasteiger partial charge in [-0.3, -0.25) is 4.21 Å². The average molecular weight is 301 g/mol. The van der Waals surface area contributed by atoms with Crippen molar-refractivity contribution in [1.82, 2.24) is 5.32 Å². The lowest BCUT2D eigenvalue weighted by molar-refractivity contribution is 0.635. The van der Waals surface area contributed by atoms with Crippen LogP contribution in [-0.4, -0.2) is 17.0 Å². The molecule has 2 aromatic rings. The summed E-state index contributed by atoms with van der Waals surface area (Å²) in [7, 11) is 1.06. The van der Waals surface area contributed by atoms with Crippen LogP contribution >= 0.6 is 0 Å². The molecule has 1 N–H and O–H groups in total. The molecule has 112 valence electrons. The van der Waals surface area contributed by atoms with Crippen molar-refractivity contribution >= 4 is 10.8 Å². The van der Waals surface area contributed by atoms with E-state index in [9.17, 15) is 4.21 Å². The smallest absolute Gasteiger partial charge is 0.0486 e. The molecule has 2 unspecified atom stereocenters. The van der Waals surface area contributed by atoms with Gasteiger partial charge in [-0.25, -0.2) is 0 Å². The maximum Gasteiger partial charge on any atom is 0.0486 e. The number of nitrogens with one attached hydrogen (secondary N) is 1. The quantitative estimate of drug-likeness (QED) is 0.848. The van der Waals surface area contributed by atoms with Gasteiger partial charge in [0.15, 0.2) is 0 Å². The third kappa shape index (κ3) is 4.80. The molecule has 2 nitrogen and oxygen atoms in total. The van der Waals surface area contributed by atoms with Crippen LogP contribution < -0.4 is 5.32 Å². The van der Waals surface area contributed by atoms with E-state index in [4.69, 9.17) is 0 Å². The van der Waals surface area contributed by atoms with Crippen molar-refractivity contribution in [3.8, 4) is 0 Å². The minimum absolute atomic E-state index is 0.139. The standard InChI is InChI=1S/C18H23NOS/c1-3-15-9-11-17(12-10-15)18(19-2)14-21(20)13-16-7-5-4-6-8-16/h4-12,18-19H,3,13-14H2,1-2H3. The van der Waals surface area contributed by atoms with Crippen LogP contribution in [0.4, 0.5) is 0 Å². The monoisotopic (exact) mass is 301 g/mol. The van der Waals surface area contributed by atoms with Crippen molar-refractivity contribution in [3.63, 3.8) is 0 Å². The molecule has 2 rings (SSSR count). The highest BCUT2D eigenvalue weighted by molar-refractivity contribution is 7.84. The molecule has 2 atom stereocenters. The first kappa shape index (κ1) is 15.9. The molecule has 0 fully saturated rings. The van der Waals surface area contributed by atoms with Gasteiger partial charge in [0.25, 0.3) is 0 Å². The predicted molar refractivity (Wildman–Crippen MR) is 90.8 cm³/mol. The van der Waals surface area contributed by atoms with Gasteiger partial charge in [-0.1, -0.05) is 61.5 Å². The zero-order chi connectivity index (χ0) is 15.1. The highest BCUT2D eigenvalue weighted by Gasteiger charge is 2.13. The van der Waals surface area contributed by atoms with E-state index in [1.165, 1.54) is 11.1 Å². The molecule has 0 aromatic heterocycles. The first-order chi connectivity index (χ1) is 10.2. The Bertz CT molecular complexity index is 566. The summed E-state index contributed by atoms with van der Waals surface area (Å²) in [5.74, 6) is 1.25. The largest absolute Gasteiger partial charge is 0.312 e. The average Bonchev–Trinajstić information content (AvgIpc) is 2.53. The fourth-order valence-corrected chi connectivity index (χ4v) is 3.75. The molecule has 0 aliphatic rings. The summed E-state index contributed by atoms with van der Waals surface area (Å²) in [6.07, 6.45) is 1.05. The molecule has 2 aromatic carbocycles. The molecule has 0 spiro atoms. The van der Waals surface area contributed by atoms with Crippen molar-refractivity contribution in [2.75, 3.05) is 12.8 Å². The van der Waals surface area contributed by atoms with E-state index >= 15 is 0 Å². The summed E-state index contributed by atoms with van der Waals surface area (Å²) in [6.45, 7) is 2.15. The Morgan fingerprint density at radius 3 is 2.24 bits per heavy atom.